The summed E-state index contributed by atoms with van der Waals surface area (Å²) in [5.74, 6) is 0. The van der Waals surface area contributed by atoms with Gasteiger partial charge in [-0.3, -0.25) is 0 Å². The van der Waals surface area contributed by atoms with Gasteiger partial charge in [0.15, 0.2) is 0 Å². The van der Waals surface area contributed by atoms with Crippen LogP contribution >= 0.6 is 0 Å². The van der Waals surface area contributed by atoms with E-state index < -0.39 is 6.09 Å². The van der Waals surface area contributed by atoms with E-state index in [-0.39, 0.29) is 0 Å². The van der Waals surface area contributed by atoms with E-state index in [9.17, 15) is 4.79 Å². The van der Waals surface area contributed by atoms with Crippen molar-refractivity contribution in [3.8, 4) is 0 Å². The van der Waals surface area contributed by atoms with Crippen LogP contribution in [0.5, 0.6) is 0 Å². The van der Waals surface area contributed by atoms with Gasteiger partial charge in [0.1, 0.15) is 6.33 Å². The summed E-state index contributed by atoms with van der Waals surface area (Å²) in [6.07, 6.45) is 8.78. The molecule has 0 saturated carbocycles. The summed E-state index contributed by atoms with van der Waals surface area (Å²) in [6.45, 7) is 1.20. The van der Waals surface area contributed by atoms with Crippen LogP contribution in [0.1, 0.15) is 6.42 Å². The van der Waals surface area contributed by atoms with Crippen molar-refractivity contribution in [3.05, 3.63) is 36.9 Å². The second-order valence-corrected chi connectivity index (χ2v) is 2.89. The summed E-state index contributed by atoms with van der Waals surface area (Å²) in [6, 6.07) is 1.78. The molecule has 0 unspecified atom stereocenters. The summed E-state index contributed by atoms with van der Waals surface area (Å²) >= 11 is 0. The Morgan fingerprint density at radius 1 is 1.27 bits per heavy atom. The zero-order valence-corrected chi connectivity index (χ0v) is 8.28. The third-order valence-corrected chi connectivity index (χ3v) is 1.81. The van der Waals surface area contributed by atoms with E-state index >= 15 is 0 Å². The van der Waals surface area contributed by atoms with Crippen LogP contribution in [0.3, 0.4) is 0 Å². The molecule has 1 aromatic heterocycles. The first kappa shape index (κ1) is 11.2. The van der Waals surface area contributed by atoms with Gasteiger partial charge in [0.2, 0.25) is 0 Å². The van der Waals surface area contributed by atoms with E-state index in [1.165, 1.54) is 11.2 Å². The largest absolute Gasteiger partial charge is 0.465 e. The van der Waals surface area contributed by atoms with E-state index in [2.05, 4.69) is 9.97 Å². The second-order valence-electron chi connectivity index (χ2n) is 2.89. The monoisotopic (exact) mass is 207 g/mol. The molecule has 0 bridgehead atoms. The zero-order valence-electron chi connectivity index (χ0n) is 8.28. The van der Waals surface area contributed by atoms with Gasteiger partial charge in [0.25, 0.3) is 0 Å². The Labute approximate surface area is 88.1 Å². The van der Waals surface area contributed by atoms with E-state index in [0.717, 1.165) is 6.42 Å². The molecule has 0 aromatic carbocycles. The number of rotatable bonds is 0. The summed E-state index contributed by atoms with van der Waals surface area (Å²) in [4.78, 5) is 19.0. The molecule has 0 atom stereocenters. The lowest BCUT2D eigenvalue weighted by atomic mass is 10.3. The average Bonchev–Trinajstić information content (AvgIpc) is 2.33. The molecule has 5 nitrogen and oxygen atoms in total. The van der Waals surface area contributed by atoms with Crippen LogP contribution in [-0.2, 0) is 0 Å². The van der Waals surface area contributed by atoms with Crippen molar-refractivity contribution in [2.45, 2.75) is 6.42 Å². The van der Waals surface area contributed by atoms with E-state index in [4.69, 9.17) is 5.11 Å². The minimum absolute atomic E-state index is 0.551. The fourth-order valence-corrected chi connectivity index (χ4v) is 1.07. The minimum atomic E-state index is -0.820. The van der Waals surface area contributed by atoms with Crippen LogP contribution in [0, 0.1) is 0 Å². The number of carbonyl (C=O) groups is 1. The summed E-state index contributed by atoms with van der Waals surface area (Å²) in [7, 11) is 0. The number of hydrogen-bond donors (Lipinski definition) is 1. The van der Waals surface area contributed by atoms with Gasteiger partial charge in [0, 0.05) is 25.5 Å². The molecule has 1 aromatic rings. The molecular weight excluding hydrogens is 194 g/mol. The van der Waals surface area contributed by atoms with Gasteiger partial charge in [-0.1, -0.05) is 12.2 Å². The molecule has 15 heavy (non-hydrogen) atoms. The molecule has 2 rings (SSSR count). The Balaban J connectivity index is 0.000000162. The molecule has 1 aliphatic heterocycles. The summed E-state index contributed by atoms with van der Waals surface area (Å²) < 4.78 is 0. The molecule has 1 N–H and O–H groups in total. The predicted octanol–water partition coefficient (Wildman–Crippen LogP) is 1.40. The summed E-state index contributed by atoms with van der Waals surface area (Å²) in [5.41, 5.74) is 0. The number of carboxylic acid groups (broad SMARTS) is 1. The molecule has 0 spiro atoms. The van der Waals surface area contributed by atoms with Crippen LogP contribution in [0.25, 0.3) is 0 Å². The first-order valence-electron chi connectivity index (χ1n) is 4.63. The van der Waals surface area contributed by atoms with Gasteiger partial charge in [0.05, 0.1) is 0 Å². The zero-order chi connectivity index (χ0) is 10.9. The predicted molar refractivity (Wildman–Crippen MR) is 55.4 cm³/mol. The van der Waals surface area contributed by atoms with Crippen molar-refractivity contribution in [2.75, 3.05) is 13.1 Å². The first-order chi connectivity index (χ1) is 7.30. The lowest BCUT2D eigenvalue weighted by molar-refractivity contribution is 0.149. The van der Waals surface area contributed by atoms with E-state index in [0.29, 0.717) is 13.1 Å². The second kappa shape index (κ2) is 6.53. The van der Waals surface area contributed by atoms with Crippen molar-refractivity contribution in [3.63, 3.8) is 0 Å². The number of nitrogens with zero attached hydrogens (tertiary/aromatic N) is 3. The normalized spacial score (nSPS) is 14.0. The van der Waals surface area contributed by atoms with Crippen molar-refractivity contribution in [1.29, 1.82) is 0 Å². The third kappa shape index (κ3) is 4.75. The highest BCUT2D eigenvalue weighted by molar-refractivity contribution is 5.65. The average molecular weight is 207 g/mol. The fourth-order valence-electron chi connectivity index (χ4n) is 1.07. The van der Waals surface area contributed by atoms with Gasteiger partial charge >= 0.3 is 6.09 Å². The van der Waals surface area contributed by atoms with Crippen molar-refractivity contribution >= 4 is 6.09 Å². The fraction of sp³-hybridized carbons (Fsp3) is 0.300. The quantitative estimate of drug-likeness (QED) is 0.653. The lowest BCUT2D eigenvalue weighted by Gasteiger charge is -2.18. The first-order valence-corrected chi connectivity index (χ1v) is 4.63. The van der Waals surface area contributed by atoms with Crippen LogP contribution in [0.4, 0.5) is 4.79 Å². The topological polar surface area (TPSA) is 66.3 Å². The molecule has 5 heteroatoms. The highest BCUT2D eigenvalue weighted by Gasteiger charge is 2.09. The summed E-state index contributed by atoms with van der Waals surface area (Å²) in [5, 5.41) is 8.43. The van der Waals surface area contributed by atoms with Crippen LogP contribution in [0.15, 0.2) is 36.9 Å². The highest BCUT2D eigenvalue weighted by Crippen LogP contribution is 1.99. The Bertz CT molecular complexity index is 287. The Kier molecular flexibility index (Phi) is 4.86. The van der Waals surface area contributed by atoms with E-state index in [1.807, 2.05) is 12.2 Å². The minimum Gasteiger partial charge on any atom is -0.465 e. The standard InChI is InChI=1S/C6H9NO2.C4H4N2/c8-6(9)7-4-2-1-3-5-7;1-2-5-4-6-3-1/h1-2H,3-5H2,(H,8,9);1-4H. The molecule has 1 aliphatic rings. The Hall–Kier alpha value is -1.91. The molecule has 0 aliphatic carbocycles. The molecule has 0 fully saturated rings. The molecular formula is C10H13N3O2. The molecule has 1 amide bonds. The maximum atomic E-state index is 10.2. The van der Waals surface area contributed by atoms with Gasteiger partial charge in [-0.25, -0.2) is 14.8 Å². The molecule has 0 radical (unpaired) electrons. The highest BCUT2D eigenvalue weighted by atomic mass is 16.4. The molecule has 80 valence electrons. The number of aromatic nitrogens is 2. The Morgan fingerprint density at radius 3 is 2.27 bits per heavy atom. The van der Waals surface area contributed by atoms with Gasteiger partial charge in [-0.15, -0.1) is 0 Å². The maximum absolute atomic E-state index is 10.2. The van der Waals surface area contributed by atoms with E-state index in [1.54, 1.807) is 18.5 Å². The number of hydrogen-bond acceptors (Lipinski definition) is 3. The van der Waals surface area contributed by atoms with Crippen LogP contribution in [-0.4, -0.2) is 39.2 Å². The third-order valence-electron chi connectivity index (χ3n) is 1.81. The Morgan fingerprint density at radius 2 is 2.00 bits per heavy atom. The van der Waals surface area contributed by atoms with Crippen molar-refractivity contribution < 1.29 is 9.90 Å². The maximum Gasteiger partial charge on any atom is 0.407 e. The van der Waals surface area contributed by atoms with Gasteiger partial charge in [-0.2, -0.15) is 0 Å². The van der Waals surface area contributed by atoms with Gasteiger partial charge < -0.3 is 10.0 Å². The molecule has 2 heterocycles. The van der Waals surface area contributed by atoms with Gasteiger partial charge in [-0.05, 0) is 12.5 Å². The van der Waals surface area contributed by atoms with Crippen molar-refractivity contribution in [2.24, 2.45) is 0 Å². The van der Waals surface area contributed by atoms with Crippen LogP contribution < -0.4 is 0 Å². The van der Waals surface area contributed by atoms with Crippen molar-refractivity contribution in [1.82, 2.24) is 14.9 Å². The SMILES string of the molecule is O=C(O)N1CC=CCC1.c1cncnc1. The lowest BCUT2D eigenvalue weighted by Crippen LogP contribution is -2.32. The number of amides is 1. The molecule has 0 saturated heterocycles. The van der Waals surface area contributed by atoms with Crippen LogP contribution in [0.2, 0.25) is 0 Å². The smallest absolute Gasteiger partial charge is 0.407 e.